The van der Waals surface area contributed by atoms with Gasteiger partial charge in [0.05, 0.1) is 11.0 Å². The van der Waals surface area contributed by atoms with Crippen molar-refractivity contribution >= 4 is 16.9 Å². The number of imidazole rings is 1. The molecule has 28 heavy (non-hydrogen) atoms. The first-order valence-electron chi connectivity index (χ1n) is 10.3. The lowest BCUT2D eigenvalue weighted by atomic mass is 9.99. The van der Waals surface area contributed by atoms with Crippen LogP contribution in [-0.4, -0.2) is 32.9 Å². The van der Waals surface area contributed by atoms with Crippen molar-refractivity contribution in [2.75, 3.05) is 6.54 Å². The summed E-state index contributed by atoms with van der Waals surface area (Å²) in [6.07, 6.45) is 2.92. The Morgan fingerprint density at radius 2 is 1.79 bits per heavy atom. The highest BCUT2D eigenvalue weighted by Crippen LogP contribution is 2.37. The van der Waals surface area contributed by atoms with Crippen molar-refractivity contribution in [2.24, 2.45) is 0 Å². The van der Waals surface area contributed by atoms with Gasteiger partial charge in [0.15, 0.2) is 0 Å². The fourth-order valence-electron chi connectivity index (χ4n) is 4.83. The maximum absolute atomic E-state index is 12.6. The van der Waals surface area contributed by atoms with Gasteiger partial charge < -0.3 is 9.47 Å². The number of nitrogens with zero attached hydrogens (tertiary/aromatic N) is 3. The first kappa shape index (κ1) is 17.5. The molecular weight excluding hydrogens is 346 g/mol. The Hall–Kier alpha value is -2.62. The molecule has 4 nitrogen and oxygen atoms in total. The highest BCUT2D eigenvalue weighted by atomic mass is 16.2. The number of aryl methyl sites for hydroxylation is 3. The van der Waals surface area contributed by atoms with Crippen LogP contribution in [0.2, 0.25) is 0 Å². The number of fused-ring (bicyclic) bond motifs is 1. The number of carbonyl (C=O) groups is 1. The van der Waals surface area contributed by atoms with Gasteiger partial charge in [-0.25, -0.2) is 4.98 Å². The predicted octanol–water partition coefficient (Wildman–Crippen LogP) is 4.49. The third-order valence-corrected chi connectivity index (χ3v) is 6.35. The van der Waals surface area contributed by atoms with Crippen LogP contribution in [0.3, 0.4) is 0 Å². The van der Waals surface area contributed by atoms with E-state index < -0.39 is 0 Å². The van der Waals surface area contributed by atoms with E-state index >= 15 is 0 Å². The highest BCUT2D eigenvalue weighted by Gasteiger charge is 2.41. The molecule has 0 radical (unpaired) electrons. The first-order valence-corrected chi connectivity index (χ1v) is 10.3. The summed E-state index contributed by atoms with van der Waals surface area (Å²) >= 11 is 0. The fourth-order valence-corrected chi connectivity index (χ4v) is 4.83. The molecular formula is C24H27N3O. The highest BCUT2D eigenvalue weighted by molar-refractivity contribution is 5.81. The van der Waals surface area contributed by atoms with Crippen LogP contribution in [0.15, 0.2) is 36.4 Å². The summed E-state index contributed by atoms with van der Waals surface area (Å²) < 4.78 is 2.36. The van der Waals surface area contributed by atoms with E-state index in [1.807, 2.05) is 6.07 Å². The molecule has 0 N–H and O–H groups in total. The van der Waals surface area contributed by atoms with E-state index in [1.54, 1.807) is 0 Å². The summed E-state index contributed by atoms with van der Waals surface area (Å²) in [5, 5.41) is 0. The molecule has 5 rings (SSSR count). The quantitative estimate of drug-likeness (QED) is 0.676. The number of benzene rings is 2. The largest absolute Gasteiger partial charge is 0.339 e. The number of aromatic nitrogens is 2. The minimum atomic E-state index is 0.187. The molecule has 0 bridgehead atoms. The van der Waals surface area contributed by atoms with Crippen molar-refractivity contribution in [3.8, 4) is 0 Å². The monoisotopic (exact) mass is 373 g/mol. The molecule has 2 fully saturated rings. The van der Waals surface area contributed by atoms with Gasteiger partial charge in [0.2, 0.25) is 5.91 Å². The summed E-state index contributed by atoms with van der Waals surface area (Å²) in [6.45, 7) is 8.17. The number of carbonyl (C=O) groups excluding carboxylic acids is 1. The topological polar surface area (TPSA) is 38.1 Å². The molecule has 2 aromatic carbocycles. The van der Waals surface area contributed by atoms with Crippen molar-refractivity contribution in [1.82, 2.24) is 14.5 Å². The lowest BCUT2D eigenvalue weighted by Crippen LogP contribution is -2.27. The predicted molar refractivity (Wildman–Crippen MR) is 112 cm³/mol. The molecule has 2 aliphatic rings. The zero-order valence-electron chi connectivity index (χ0n) is 16.9. The molecule has 2 heterocycles. The van der Waals surface area contributed by atoms with Crippen molar-refractivity contribution in [3.63, 3.8) is 0 Å². The van der Waals surface area contributed by atoms with Gasteiger partial charge in [0, 0.05) is 31.5 Å². The number of rotatable bonds is 4. The molecule has 1 atom stereocenters. The van der Waals surface area contributed by atoms with Gasteiger partial charge in [-0.3, -0.25) is 4.79 Å². The third-order valence-electron chi connectivity index (χ3n) is 6.35. The molecule has 3 aromatic rings. The van der Waals surface area contributed by atoms with E-state index in [4.69, 9.17) is 4.98 Å². The zero-order valence-corrected chi connectivity index (χ0v) is 16.9. The van der Waals surface area contributed by atoms with Gasteiger partial charge in [-0.15, -0.1) is 0 Å². The molecule has 1 aliphatic carbocycles. The van der Waals surface area contributed by atoms with E-state index in [0.717, 1.165) is 42.8 Å². The van der Waals surface area contributed by atoms with Gasteiger partial charge in [0.1, 0.15) is 5.82 Å². The Bertz CT molecular complexity index is 1050. The molecule has 1 saturated carbocycles. The summed E-state index contributed by atoms with van der Waals surface area (Å²) in [6, 6.07) is 13.4. The normalized spacial score (nSPS) is 19.8. The Kier molecular flexibility index (Phi) is 4.04. The molecule has 1 aromatic heterocycles. The van der Waals surface area contributed by atoms with Crippen LogP contribution >= 0.6 is 0 Å². The van der Waals surface area contributed by atoms with Gasteiger partial charge in [-0.1, -0.05) is 29.8 Å². The van der Waals surface area contributed by atoms with Crippen LogP contribution in [-0.2, 0) is 11.3 Å². The first-order chi connectivity index (χ1) is 13.5. The van der Waals surface area contributed by atoms with Crippen molar-refractivity contribution in [1.29, 1.82) is 0 Å². The number of hydrogen-bond donors (Lipinski definition) is 0. The van der Waals surface area contributed by atoms with E-state index in [1.165, 1.54) is 22.3 Å². The van der Waals surface area contributed by atoms with Crippen LogP contribution in [0.1, 0.15) is 53.3 Å². The minimum absolute atomic E-state index is 0.187. The summed E-state index contributed by atoms with van der Waals surface area (Å²) in [5.41, 5.74) is 7.49. The average molecular weight is 374 g/mol. The van der Waals surface area contributed by atoms with Crippen LogP contribution in [0.5, 0.6) is 0 Å². The molecule has 1 amide bonds. The minimum Gasteiger partial charge on any atom is -0.339 e. The van der Waals surface area contributed by atoms with Crippen molar-refractivity contribution in [2.45, 2.75) is 58.5 Å². The second-order valence-electron chi connectivity index (χ2n) is 8.60. The Labute approximate surface area is 166 Å². The second-order valence-corrected chi connectivity index (χ2v) is 8.60. The van der Waals surface area contributed by atoms with Gasteiger partial charge in [-0.05, 0) is 62.4 Å². The maximum Gasteiger partial charge on any atom is 0.223 e. The Morgan fingerprint density at radius 3 is 2.50 bits per heavy atom. The summed E-state index contributed by atoms with van der Waals surface area (Å²) in [5.74, 6) is 1.55. The van der Waals surface area contributed by atoms with E-state index in [9.17, 15) is 4.79 Å². The smallest absolute Gasteiger partial charge is 0.223 e. The van der Waals surface area contributed by atoms with Crippen LogP contribution in [0.25, 0.3) is 11.0 Å². The molecule has 1 saturated heterocycles. The van der Waals surface area contributed by atoms with Crippen LogP contribution < -0.4 is 0 Å². The number of para-hydroxylation sites is 2. The molecule has 1 unspecified atom stereocenters. The van der Waals surface area contributed by atoms with Crippen LogP contribution in [0.4, 0.5) is 0 Å². The van der Waals surface area contributed by atoms with E-state index in [-0.39, 0.29) is 5.92 Å². The Morgan fingerprint density at radius 1 is 1.07 bits per heavy atom. The standard InChI is InChI=1S/C24H27N3O/c1-15-10-16(2)20(17(3)11-15)14-27-22-7-5-4-6-21(22)25-24(27)18-12-23(28)26(13-18)19-8-9-19/h4-7,10-11,18-19H,8-9,12-14H2,1-3H3. The molecule has 0 spiro atoms. The maximum atomic E-state index is 12.6. The lowest BCUT2D eigenvalue weighted by Gasteiger charge is -2.18. The second kappa shape index (κ2) is 6.47. The lowest BCUT2D eigenvalue weighted by molar-refractivity contribution is -0.128. The van der Waals surface area contributed by atoms with Gasteiger partial charge in [0.25, 0.3) is 0 Å². The third kappa shape index (κ3) is 2.92. The van der Waals surface area contributed by atoms with E-state index in [0.29, 0.717) is 18.4 Å². The van der Waals surface area contributed by atoms with Crippen molar-refractivity contribution in [3.05, 3.63) is 64.5 Å². The van der Waals surface area contributed by atoms with Gasteiger partial charge >= 0.3 is 0 Å². The fraction of sp³-hybridized carbons (Fsp3) is 0.417. The molecule has 144 valence electrons. The summed E-state index contributed by atoms with van der Waals surface area (Å²) in [7, 11) is 0. The average Bonchev–Trinajstić information content (AvgIpc) is 3.32. The van der Waals surface area contributed by atoms with Gasteiger partial charge in [-0.2, -0.15) is 0 Å². The zero-order chi connectivity index (χ0) is 19.4. The molecule has 1 aliphatic heterocycles. The van der Waals surface area contributed by atoms with Crippen LogP contribution in [0, 0.1) is 20.8 Å². The van der Waals surface area contributed by atoms with Crippen molar-refractivity contribution < 1.29 is 4.79 Å². The number of likely N-dealkylation sites (tertiary alicyclic amines) is 1. The number of amides is 1. The SMILES string of the molecule is Cc1cc(C)c(Cn2c(C3CC(=O)N(C4CC4)C3)nc3ccccc32)c(C)c1. The van der Waals surface area contributed by atoms with E-state index in [2.05, 4.69) is 60.6 Å². The Balaban J connectivity index is 1.58. The molecule has 4 heteroatoms. The number of hydrogen-bond acceptors (Lipinski definition) is 2. The summed E-state index contributed by atoms with van der Waals surface area (Å²) in [4.78, 5) is 19.7.